The van der Waals surface area contributed by atoms with Crippen LogP contribution >= 0.6 is 12.2 Å². The van der Waals surface area contributed by atoms with Crippen LogP contribution in [0.5, 0.6) is 5.75 Å². The molecule has 0 aromatic heterocycles. The van der Waals surface area contributed by atoms with E-state index in [0.29, 0.717) is 11.8 Å². The summed E-state index contributed by atoms with van der Waals surface area (Å²) in [6.07, 6.45) is 0. The van der Waals surface area contributed by atoms with Crippen molar-refractivity contribution in [1.82, 2.24) is 0 Å². The lowest BCUT2D eigenvalue weighted by Gasteiger charge is -2.14. The maximum absolute atomic E-state index is 5.91. The summed E-state index contributed by atoms with van der Waals surface area (Å²) in [4.78, 5) is 0. The summed E-state index contributed by atoms with van der Waals surface area (Å²) in [6.45, 7) is 4.59. The Hall–Kier alpha value is -2.07. The average Bonchev–Trinajstić information content (AvgIpc) is 2.47. The first-order valence-corrected chi connectivity index (χ1v) is 7.14. The van der Waals surface area contributed by atoms with Crippen molar-refractivity contribution in [1.29, 1.82) is 0 Å². The Morgan fingerprint density at radius 1 is 1.14 bits per heavy atom. The molecular formula is C17H19NO2S. The first-order chi connectivity index (χ1) is 10.1. The number of ether oxygens (including phenoxy) is 2. The highest BCUT2D eigenvalue weighted by atomic mass is 32.1. The van der Waals surface area contributed by atoms with E-state index in [0.717, 1.165) is 22.6 Å². The quantitative estimate of drug-likeness (QED) is 0.856. The minimum atomic E-state index is 0.342. The largest absolute Gasteiger partial charge is 0.489 e. The molecule has 21 heavy (non-hydrogen) atoms. The van der Waals surface area contributed by atoms with Gasteiger partial charge in [0.2, 0.25) is 0 Å². The van der Waals surface area contributed by atoms with Crippen molar-refractivity contribution in [3.63, 3.8) is 0 Å². The zero-order chi connectivity index (χ0) is 15.2. The first-order valence-electron chi connectivity index (χ1n) is 6.73. The molecule has 0 saturated carbocycles. The predicted molar refractivity (Wildman–Crippen MR) is 89.9 cm³/mol. The molecule has 0 radical (unpaired) electrons. The van der Waals surface area contributed by atoms with Crippen molar-refractivity contribution in [2.75, 3.05) is 12.4 Å². The Morgan fingerprint density at radius 3 is 2.62 bits per heavy atom. The SMILES string of the molecule is COC(=S)Nc1ccccc1COc1ccc(C)cc1C. The minimum Gasteiger partial charge on any atom is -0.489 e. The van der Waals surface area contributed by atoms with E-state index in [4.69, 9.17) is 21.7 Å². The molecule has 1 N–H and O–H groups in total. The summed E-state index contributed by atoms with van der Waals surface area (Å²) < 4.78 is 10.9. The Balaban J connectivity index is 2.11. The Bertz CT molecular complexity index is 640. The number of aryl methyl sites for hydroxylation is 2. The normalized spacial score (nSPS) is 10.0. The second-order valence-electron chi connectivity index (χ2n) is 4.83. The highest BCUT2D eigenvalue weighted by molar-refractivity contribution is 7.80. The predicted octanol–water partition coefficient (Wildman–Crippen LogP) is 4.23. The van der Waals surface area contributed by atoms with Crippen LogP contribution in [0.4, 0.5) is 5.69 Å². The van der Waals surface area contributed by atoms with Crippen LogP contribution in [0, 0.1) is 13.8 Å². The van der Waals surface area contributed by atoms with Crippen LogP contribution in [0.15, 0.2) is 42.5 Å². The zero-order valence-electron chi connectivity index (χ0n) is 12.5. The lowest BCUT2D eigenvalue weighted by molar-refractivity contribution is 0.304. The Morgan fingerprint density at radius 2 is 1.90 bits per heavy atom. The maximum Gasteiger partial charge on any atom is 0.260 e. The summed E-state index contributed by atoms with van der Waals surface area (Å²) >= 11 is 5.04. The molecular weight excluding hydrogens is 282 g/mol. The number of hydrogen-bond donors (Lipinski definition) is 1. The number of nitrogens with one attached hydrogen (secondary N) is 1. The molecule has 0 aliphatic rings. The number of methoxy groups -OCH3 is 1. The third-order valence-electron chi connectivity index (χ3n) is 3.15. The van der Waals surface area contributed by atoms with E-state index in [9.17, 15) is 0 Å². The van der Waals surface area contributed by atoms with E-state index in [1.54, 1.807) is 7.11 Å². The van der Waals surface area contributed by atoms with Crippen LogP contribution in [0.1, 0.15) is 16.7 Å². The summed E-state index contributed by atoms with van der Waals surface area (Å²) in [5, 5.41) is 3.39. The van der Waals surface area contributed by atoms with Gasteiger partial charge in [-0.25, -0.2) is 0 Å². The van der Waals surface area contributed by atoms with Crippen molar-refractivity contribution in [3.8, 4) is 5.75 Å². The van der Waals surface area contributed by atoms with Gasteiger partial charge in [0, 0.05) is 11.3 Å². The van der Waals surface area contributed by atoms with Crippen LogP contribution in [-0.2, 0) is 11.3 Å². The molecule has 0 aliphatic carbocycles. The maximum atomic E-state index is 5.91. The van der Waals surface area contributed by atoms with E-state index in [1.807, 2.05) is 43.3 Å². The lowest BCUT2D eigenvalue weighted by atomic mass is 10.1. The van der Waals surface area contributed by atoms with Gasteiger partial charge in [-0.15, -0.1) is 0 Å². The van der Waals surface area contributed by atoms with Gasteiger partial charge in [0.1, 0.15) is 12.4 Å². The van der Waals surface area contributed by atoms with E-state index < -0.39 is 0 Å². The van der Waals surface area contributed by atoms with E-state index in [1.165, 1.54) is 5.56 Å². The van der Waals surface area contributed by atoms with Gasteiger partial charge in [0.05, 0.1) is 7.11 Å². The monoisotopic (exact) mass is 301 g/mol. The van der Waals surface area contributed by atoms with E-state index >= 15 is 0 Å². The van der Waals surface area contributed by atoms with Crippen LogP contribution < -0.4 is 10.1 Å². The second-order valence-corrected chi connectivity index (χ2v) is 5.20. The molecule has 0 spiro atoms. The average molecular weight is 301 g/mol. The number of benzene rings is 2. The van der Waals surface area contributed by atoms with Gasteiger partial charge < -0.3 is 14.8 Å². The van der Waals surface area contributed by atoms with Crippen LogP contribution in [0.3, 0.4) is 0 Å². The standard InChI is InChI=1S/C17H19NO2S/c1-12-8-9-16(13(2)10-12)20-11-14-6-4-5-7-15(14)18-17(21)19-3/h4-10H,11H2,1-3H3,(H,18,21). The van der Waals surface area contributed by atoms with Gasteiger partial charge in [-0.1, -0.05) is 35.9 Å². The van der Waals surface area contributed by atoms with Crippen molar-refractivity contribution >= 4 is 23.1 Å². The van der Waals surface area contributed by atoms with Crippen molar-refractivity contribution < 1.29 is 9.47 Å². The van der Waals surface area contributed by atoms with Gasteiger partial charge in [-0.05, 0) is 43.8 Å². The summed E-state index contributed by atoms with van der Waals surface area (Å²) in [5.74, 6) is 0.893. The number of anilines is 1. The molecule has 0 saturated heterocycles. The van der Waals surface area contributed by atoms with Gasteiger partial charge in [-0.3, -0.25) is 0 Å². The smallest absolute Gasteiger partial charge is 0.260 e. The molecule has 0 aliphatic heterocycles. The molecule has 2 aromatic rings. The Labute approximate surface area is 130 Å². The van der Waals surface area contributed by atoms with Crippen molar-refractivity contribution in [2.24, 2.45) is 0 Å². The van der Waals surface area contributed by atoms with Crippen LogP contribution in [-0.4, -0.2) is 12.3 Å². The topological polar surface area (TPSA) is 30.5 Å². The molecule has 3 nitrogen and oxygen atoms in total. The van der Waals surface area contributed by atoms with Crippen molar-refractivity contribution in [3.05, 3.63) is 59.2 Å². The van der Waals surface area contributed by atoms with Gasteiger partial charge in [0.25, 0.3) is 5.17 Å². The number of para-hydroxylation sites is 1. The minimum absolute atomic E-state index is 0.342. The number of thiocarbonyl (C=S) groups is 1. The van der Waals surface area contributed by atoms with E-state index in [2.05, 4.69) is 18.3 Å². The van der Waals surface area contributed by atoms with Gasteiger partial charge in [0.15, 0.2) is 0 Å². The molecule has 0 atom stereocenters. The van der Waals surface area contributed by atoms with Crippen molar-refractivity contribution in [2.45, 2.75) is 20.5 Å². The molecule has 4 heteroatoms. The molecule has 0 fully saturated rings. The molecule has 2 rings (SSSR count). The fourth-order valence-electron chi connectivity index (χ4n) is 2.05. The molecule has 0 amide bonds. The highest BCUT2D eigenvalue weighted by Crippen LogP contribution is 2.22. The zero-order valence-corrected chi connectivity index (χ0v) is 13.3. The summed E-state index contributed by atoms with van der Waals surface area (Å²) in [7, 11) is 1.55. The number of rotatable bonds is 4. The molecule has 2 aromatic carbocycles. The molecule has 110 valence electrons. The van der Waals surface area contributed by atoms with E-state index in [-0.39, 0.29) is 0 Å². The fraction of sp³-hybridized carbons (Fsp3) is 0.235. The Kier molecular flexibility index (Phi) is 5.17. The lowest BCUT2D eigenvalue weighted by Crippen LogP contribution is -2.12. The summed E-state index contributed by atoms with van der Waals surface area (Å²) in [5.41, 5.74) is 4.28. The molecule has 0 heterocycles. The molecule has 0 unspecified atom stereocenters. The fourth-order valence-corrected chi connectivity index (χ4v) is 2.16. The second kappa shape index (κ2) is 7.09. The third kappa shape index (κ3) is 4.20. The van der Waals surface area contributed by atoms with Crippen LogP contribution in [0.2, 0.25) is 0 Å². The number of hydrogen-bond acceptors (Lipinski definition) is 3. The highest BCUT2D eigenvalue weighted by Gasteiger charge is 2.06. The third-order valence-corrected chi connectivity index (χ3v) is 3.42. The van der Waals surface area contributed by atoms with Crippen LogP contribution in [0.25, 0.3) is 0 Å². The molecule has 0 bridgehead atoms. The first kappa shape index (κ1) is 15.3. The van der Waals surface area contributed by atoms with Gasteiger partial charge >= 0.3 is 0 Å². The summed E-state index contributed by atoms with van der Waals surface area (Å²) in [6, 6.07) is 14.0. The van der Waals surface area contributed by atoms with Gasteiger partial charge in [-0.2, -0.15) is 0 Å².